The molecule has 1 aromatic heterocycles. The Hall–Kier alpha value is -2.24. The summed E-state index contributed by atoms with van der Waals surface area (Å²) in [6, 6.07) is 6.31. The fraction of sp³-hybridized carbons (Fsp3) is 0.550. The van der Waals surface area contributed by atoms with E-state index in [9.17, 15) is 9.18 Å². The molecule has 1 fully saturated rings. The van der Waals surface area contributed by atoms with Crippen LogP contribution in [-0.4, -0.2) is 38.7 Å². The van der Waals surface area contributed by atoms with Crippen molar-refractivity contribution < 1.29 is 9.18 Å². The quantitative estimate of drug-likeness (QED) is 0.849. The van der Waals surface area contributed by atoms with E-state index in [1.807, 2.05) is 4.90 Å². The number of fused-ring (bicyclic) bond motifs is 1. The number of nitrogens with zero attached hydrogens (tertiary/aromatic N) is 4. The number of carbonyl (C=O) groups excluding carboxylic acids is 1. The van der Waals surface area contributed by atoms with E-state index in [-0.39, 0.29) is 24.1 Å². The Morgan fingerprint density at radius 3 is 2.96 bits per heavy atom. The summed E-state index contributed by atoms with van der Waals surface area (Å²) in [5.41, 5.74) is 0.730. The summed E-state index contributed by atoms with van der Waals surface area (Å²) in [5, 5.41) is 8.89. The first-order valence-electron chi connectivity index (χ1n) is 9.65. The molecule has 0 radical (unpaired) electrons. The van der Waals surface area contributed by atoms with Gasteiger partial charge in [-0.05, 0) is 43.4 Å². The molecule has 1 saturated heterocycles. The smallest absolute Gasteiger partial charge is 0.227 e. The van der Waals surface area contributed by atoms with Crippen molar-refractivity contribution in [2.45, 2.75) is 57.4 Å². The number of likely N-dealkylation sites (tertiary alicyclic amines) is 1. The number of rotatable bonds is 3. The van der Waals surface area contributed by atoms with Gasteiger partial charge in [0, 0.05) is 32.0 Å². The normalized spacial score (nSPS) is 20.5. The van der Waals surface area contributed by atoms with Crippen molar-refractivity contribution in [2.75, 3.05) is 13.1 Å². The van der Waals surface area contributed by atoms with Gasteiger partial charge >= 0.3 is 0 Å². The van der Waals surface area contributed by atoms with Gasteiger partial charge in [0.1, 0.15) is 17.5 Å². The molecule has 2 aliphatic rings. The van der Waals surface area contributed by atoms with Crippen LogP contribution in [0.15, 0.2) is 24.3 Å². The lowest BCUT2D eigenvalue weighted by Gasteiger charge is -2.32. The number of aromatic nitrogens is 3. The van der Waals surface area contributed by atoms with Crippen LogP contribution in [-0.2, 0) is 24.2 Å². The van der Waals surface area contributed by atoms with Gasteiger partial charge in [0.25, 0.3) is 0 Å². The number of hydrogen-bond donors (Lipinski definition) is 0. The lowest BCUT2D eigenvalue weighted by Crippen LogP contribution is -2.40. The number of benzene rings is 1. The minimum atomic E-state index is -0.294. The summed E-state index contributed by atoms with van der Waals surface area (Å²) in [7, 11) is 0. The predicted molar refractivity (Wildman–Crippen MR) is 96.2 cm³/mol. The van der Waals surface area contributed by atoms with E-state index in [0.29, 0.717) is 6.54 Å². The minimum absolute atomic E-state index is 0.0657. The molecule has 0 N–H and O–H groups in total. The van der Waals surface area contributed by atoms with Gasteiger partial charge in [0.2, 0.25) is 5.91 Å². The first-order chi connectivity index (χ1) is 12.7. The molecule has 5 nitrogen and oxygen atoms in total. The van der Waals surface area contributed by atoms with E-state index < -0.39 is 0 Å². The molecule has 2 aromatic rings. The topological polar surface area (TPSA) is 51.0 Å². The average molecular weight is 356 g/mol. The molecular weight excluding hydrogens is 331 g/mol. The SMILES string of the molecule is O=C(Cc1cccc(F)c1)N1CCCC(c2nnc3n2CCCCC3)C1. The Morgan fingerprint density at radius 1 is 1.15 bits per heavy atom. The van der Waals surface area contributed by atoms with Gasteiger partial charge in [-0.2, -0.15) is 0 Å². The van der Waals surface area contributed by atoms with Crippen molar-refractivity contribution in [1.29, 1.82) is 0 Å². The van der Waals surface area contributed by atoms with Crippen LogP contribution in [0.5, 0.6) is 0 Å². The average Bonchev–Trinajstić information content (AvgIpc) is 2.90. The highest BCUT2D eigenvalue weighted by Gasteiger charge is 2.29. The highest BCUT2D eigenvalue weighted by atomic mass is 19.1. The summed E-state index contributed by atoms with van der Waals surface area (Å²) >= 11 is 0. The second kappa shape index (κ2) is 7.56. The molecule has 3 heterocycles. The molecule has 4 rings (SSSR count). The van der Waals surface area contributed by atoms with Crippen LogP contribution >= 0.6 is 0 Å². The second-order valence-corrected chi connectivity index (χ2v) is 7.42. The summed E-state index contributed by atoms with van der Waals surface area (Å²) < 4.78 is 15.6. The summed E-state index contributed by atoms with van der Waals surface area (Å²) in [6.45, 7) is 2.45. The number of amides is 1. The van der Waals surface area contributed by atoms with Gasteiger partial charge in [-0.1, -0.05) is 18.6 Å². The lowest BCUT2D eigenvalue weighted by molar-refractivity contribution is -0.131. The van der Waals surface area contributed by atoms with E-state index in [1.54, 1.807) is 12.1 Å². The Morgan fingerprint density at radius 2 is 2.08 bits per heavy atom. The van der Waals surface area contributed by atoms with Crippen molar-refractivity contribution >= 4 is 5.91 Å². The standard InChI is InChI=1S/C20H25FN4O/c21-17-8-4-6-15(12-17)13-19(26)24-10-5-7-16(14-24)20-23-22-18-9-2-1-3-11-25(18)20/h4,6,8,12,16H,1-3,5,7,9-11,13-14H2. The van der Waals surface area contributed by atoms with Gasteiger partial charge < -0.3 is 9.47 Å². The molecule has 0 spiro atoms. The van der Waals surface area contributed by atoms with Crippen molar-refractivity contribution in [3.8, 4) is 0 Å². The van der Waals surface area contributed by atoms with Crippen LogP contribution in [0.25, 0.3) is 0 Å². The Labute approximate surface area is 153 Å². The number of halogens is 1. The molecule has 1 atom stereocenters. The van der Waals surface area contributed by atoms with Gasteiger partial charge in [0.15, 0.2) is 0 Å². The van der Waals surface area contributed by atoms with E-state index in [1.165, 1.54) is 31.4 Å². The van der Waals surface area contributed by atoms with E-state index in [2.05, 4.69) is 14.8 Å². The molecule has 2 aliphatic heterocycles. The van der Waals surface area contributed by atoms with Crippen LogP contribution in [0.3, 0.4) is 0 Å². The van der Waals surface area contributed by atoms with Crippen molar-refractivity contribution in [1.82, 2.24) is 19.7 Å². The number of carbonyl (C=O) groups is 1. The van der Waals surface area contributed by atoms with Crippen LogP contribution in [0, 0.1) is 5.82 Å². The fourth-order valence-corrected chi connectivity index (χ4v) is 4.16. The molecule has 0 saturated carbocycles. The Bertz CT molecular complexity index is 788. The van der Waals surface area contributed by atoms with Crippen LogP contribution in [0.4, 0.5) is 4.39 Å². The second-order valence-electron chi connectivity index (χ2n) is 7.42. The van der Waals surface area contributed by atoms with Gasteiger partial charge in [0.05, 0.1) is 6.42 Å². The maximum Gasteiger partial charge on any atom is 0.227 e. The molecule has 6 heteroatoms. The first-order valence-corrected chi connectivity index (χ1v) is 9.65. The minimum Gasteiger partial charge on any atom is -0.342 e. The van der Waals surface area contributed by atoms with Crippen molar-refractivity contribution in [2.24, 2.45) is 0 Å². The fourth-order valence-electron chi connectivity index (χ4n) is 4.16. The van der Waals surface area contributed by atoms with E-state index in [0.717, 1.165) is 49.6 Å². The molecule has 26 heavy (non-hydrogen) atoms. The third-order valence-electron chi connectivity index (χ3n) is 5.52. The molecule has 1 amide bonds. The predicted octanol–water partition coefficient (Wildman–Crippen LogP) is 3.09. The summed E-state index contributed by atoms with van der Waals surface area (Å²) in [6.07, 6.45) is 6.87. The van der Waals surface area contributed by atoms with E-state index in [4.69, 9.17) is 0 Å². The first kappa shape index (κ1) is 17.2. The van der Waals surface area contributed by atoms with Crippen LogP contribution < -0.4 is 0 Å². The Balaban J connectivity index is 1.46. The molecule has 138 valence electrons. The van der Waals surface area contributed by atoms with Crippen molar-refractivity contribution in [3.05, 3.63) is 47.3 Å². The van der Waals surface area contributed by atoms with Crippen LogP contribution in [0.2, 0.25) is 0 Å². The zero-order valence-electron chi connectivity index (χ0n) is 15.0. The maximum atomic E-state index is 13.4. The third kappa shape index (κ3) is 3.64. The molecule has 0 bridgehead atoms. The van der Waals surface area contributed by atoms with E-state index >= 15 is 0 Å². The zero-order valence-corrected chi connectivity index (χ0v) is 15.0. The molecule has 1 unspecified atom stereocenters. The van der Waals surface area contributed by atoms with Gasteiger partial charge in [-0.15, -0.1) is 10.2 Å². The van der Waals surface area contributed by atoms with Crippen molar-refractivity contribution in [3.63, 3.8) is 0 Å². The summed E-state index contributed by atoms with van der Waals surface area (Å²) in [5.74, 6) is 2.17. The third-order valence-corrected chi connectivity index (χ3v) is 5.52. The zero-order chi connectivity index (χ0) is 17.9. The lowest BCUT2D eigenvalue weighted by atomic mass is 9.96. The summed E-state index contributed by atoms with van der Waals surface area (Å²) in [4.78, 5) is 14.6. The Kier molecular flexibility index (Phi) is 5.00. The van der Waals surface area contributed by atoms with Gasteiger partial charge in [-0.3, -0.25) is 4.79 Å². The molecule has 1 aromatic carbocycles. The van der Waals surface area contributed by atoms with Gasteiger partial charge in [-0.25, -0.2) is 4.39 Å². The van der Waals surface area contributed by atoms with Crippen LogP contribution in [0.1, 0.15) is 55.2 Å². The number of hydrogen-bond acceptors (Lipinski definition) is 3. The maximum absolute atomic E-state index is 13.4. The monoisotopic (exact) mass is 356 g/mol. The highest BCUT2D eigenvalue weighted by molar-refractivity contribution is 5.79. The molecule has 0 aliphatic carbocycles. The number of aryl methyl sites for hydroxylation is 1. The highest BCUT2D eigenvalue weighted by Crippen LogP contribution is 2.28. The molecular formula is C20H25FN4O. The number of piperidine rings is 1. The largest absolute Gasteiger partial charge is 0.342 e.